The van der Waals surface area contributed by atoms with Crippen LogP contribution in [0, 0.1) is 0 Å². The summed E-state index contributed by atoms with van der Waals surface area (Å²) in [5, 5.41) is 12.4. The Balaban J connectivity index is 1.15. The molecule has 3 fully saturated rings. The van der Waals surface area contributed by atoms with Gasteiger partial charge < -0.3 is 19.7 Å². The maximum Gasteiger partial charge on any atom is 0.248 e. The Morgan fingerprint density at radius 2 is 1.79 bits per heavy atom. The van der Waals surface area contributed by atoms with Crippen LogP contribution in [0.15, 0.2) is 54.7 Å². The van der Waals surface area contributed by atoms with Crippen LogP contribution in [0.2, 0.25) is 0 Å². The second-order valence-electron chi connectivity index (χ2n) is 9.79. The van der Waals surface area contributed by atoms with E-state index in [2.05, 4.69) is 29.2 Å². The van der Waals surface area contributed by atoms with Gasteiger partial charge in [-0.2, -0.15) is 0 Å². The maximum atomic E-state index is 12.2. The number of nitrogens with one attached hydrogen (secondary N) is 1. The summed E-state index contributed by atoms with van der Waals surface area (Å²) in [6, 6.07) is 16.6. The Hall–Kier alpha value is -2.71. The van der Waals surface area contributed by atoms with Gasteiger partial charge in [-0.1, -0.05) is 36.4 Å². The Kier molecular flexibility index (Phi) is 4.85. The highest BCUT2D eigenvalue weighted by Crippen LogP contribution is 2.38. The van der Waals surface area contributed by atoms with E-state index < -0.39 is 5.85 Å². The van der Waals surface area contributed by atoms with Crippen molar-refractivity contribution < 1.29 is 14.6 Å². The highest BCUT2D eigenvalue weighted by atomic mass is 16.5. The summed E-state index contributed by atoms with van der Waals surface area (Å²) in [5.74, 6) is -1.44. The number of fused-ring (bicyclic) bond motifs is 1. The zero-order valence-electron chi connectivity index (χ0n) is 18.7. The number of aromatic amines is 1. The van der Waals surface area contributed by atoms with Crippen LogP contribution in [0.5, 0.6) is 0 Å². The molecule has 1 atom stereocenters. The molecule has 0 bridgehead atoms. The fourth-order valence-corrected chi connectivity index (χ4v) is 5.34. The number of ether oxygens (including phenoxy) is 1. The summed E-state index contributed by atoms with van der Waals surface area (Å²) in [6.45, 7) is 2.06. The molecule has 33 heavy (non-hydrogen) atoms. The van der Waals surface area contributed by atoms with Crippen LogP contribution in [0.25, 0.3) is 22.0 Å². The SMILES string of the molecule is NC(O)(c1ccc(-c2ccc3cc[nH]c3c2)cc1)N1CCC2(CC1)CN(C1CC1)C(=O)CO2. The number of H-pyrrole nitrogens is 1. The lowest BCUT2D eigenvalue weighted by atomic mass is 9.88. The average Bonchev–Trinajstić information content (AvgIpc) is 3.57. The van der Waals surface area contributed by atoms with Crippen LogP contribution in [0.1, 0.15) is 31.2 Å². The minimum Gasteiger partial charge on any atom is -0.363 e. The fraction of sp³-hybridized carbons (Fsp3) is 0.423. The van der Waals surface area contributed by atoms with E-state index in [9.17, 15) is 9.90 Å². The van der Waals surface area contributed by atoms with Crippen molar-refractivity contribution in [3.8, 4) is 11.1 Å². The standard InChI is InChI=1S/C26H30N4O3/c27-26(32,21-5-3-18(4-6-21)20-2-1-19-9-12-28-23(19)15-20)29-13-10-25(11-14-29)17-30(22-7-8-22)24(31)16-33-25/h1-6,9,12,15,22,28,32H,7-8,10-11,13-14,16-17,27H2. The molecule has 7 nitrogen and oxygen atoms in total. The largest absolute Gasteiger partial charge is 0.363 e. The third-order valence-corrected chi connectivity index (χ3v) is 7.62. The van der Waals surface area contributed by atoms with Crippen molar-refractivity contribution in [1.29, 1.82) is 0 Å². The molecule has 2 aliphatic heterocycles. The van der Waals surface area contributed by atoms with E-state index in [1.54, 1.807) is 0 Å². The van der Waals surface area contributed by atoms with E-state index in [4.69, 9.17) is 10.5 Å². The number of nitrogens with zero attached hydrogens (tertiary/aromatic N) is 2. The Morgan fingerprint density at radius 1 is 1.06 bits per heavy atom. The first-order valence-electron chi connectivity index (χ1n) is 11.8. The van der Waals surface area contributed by atoms with Gasteiger partial charge in [0.1, 0.15) is 6.61 Å². The molecular formula is C26H30N4O3. The van der Waals surface area contributed by atoms with Gasteiger partial charge in [-0.15, -0.1) is 0 Å². The van der Waals surface area contributed by atoms with Gasteiger partial charge in [-0.25, -0.2) is 0 Å². The lowest BCUT2D eigenvalue weighted by Crippen LogP contribution is -2.63. The highest BCUT2D eigenvalue weighted by molar-refractivity contribution is 5.84. The molecular weight excluding hydrogens is 416 g/mol. The monoisotopic (exact) mass is 446 g/mol. The molecule has 3 aromatic rings. The topological polar surface area (TPSA) is 94.8 Å². The number of rotatable bonds is 4. The molecule has 6 rings (SSSR count). The zero-order valence-corrected chi connectivity index (χ0v) is 18.7. The molecule has 1 amide bonds. The van der Waals surface area contributed by atoms with Crippen LogP contribution >= 0.6 is 0 Å². The molecule has 172 valence electrons. The van der Waals surface area contributed by atoms with E-state index in [1.807, 2.05) is 40.3 Å². The van der Waals surface area contributed by atoms with Gasteiger partial charge in [0.25, 0.3) is 0 Å². The summed E-state index contributed by atoms with van der Waals surface area (Å²) in [5.41, 5.74) is 10.1. The summed E-state index contributed by atoms with van der Waals surface area (Å²) in [4.78, 5) is 19.4. The maximum absolute atomic E-state index is 12.2. The Labute approximate surface area is 193 Å². The molecule has 7 heteroatoms. The Morgan fingerprint density at radius 3 is 2.52 bits per heavy atom. The number of hydrogen-bond acceptors (Lipinski definition) is 5. The molecule has 1 aliphatic carbocycles. The smallest absolute Gasteiger partial charge is 0.248 e. The van der Waals surface area contributed by atoms with E-state index >= 15 is 0 Å². The number of hydrogen-bond donors (Lipinski definition) is 3. The van der Waals surface area contributed by atoms with Crippen molar-refractivity contribution in [2.24, 2.45) is 5.73 Å². The third kappa shape index (κ3) is 3.75. The minimum atomic E-state index is -1.55. The summed E-state index contributed by atoms with van der Waals surface area (Å²) >= 11 is 0. The predicted molar refractivity (Wildman–Crippen MR) is 126 cm³/mol. The number of likely N-dealkylation sites (tertiary alicyclic amines) is 1. The number of piperidine rings is 1. The molecule has 2 aromatic carbocycles. The first-order valence-corrected chi connectivity index (χ1v) is 11.8. The average molecular weight is 447 g/mol. The minimum absolute atomic E-state index is 0.108. The summed E-state index contributed by atoms with van der Waals surface area (Å²) < 4.78 is 6.04. The number of morpholine rings is 1. The molecule has 1 aromatic heterocycles. The van der Waals surface area contributed by atoms with Crippen molar-refractivity contribution in [3.63, 3.8) is 0 Å². The zero-order chi connectivity index (χ0) is 22.6. The van der Waals surface area contributed by atoms with E-state index in [-0.39, 0.29) is 18.1 Å². The lowest BCUT2D eigenvalue weighted by Gasteiger charge is -2.49. The molecule has 2 saturated heterocycles. The molecule has 1 unspecified atom stereocenters. The number of amides is 1. The lowest BCUT2D eigenvalue weighted by molar-refractivity contribution is -0.189. The number of aliphatic hydroxyl groups is 1. The number of carbonyl (C=O) groups is 1. The van der Waals surface area contributed by atoms with E-state index in [0.29, 0.717) is 31.2 Å². The Bertz CT molecular complexity index is 1170. The van der Waals surface area contributed by atoms with Gasteiger partial charge in [-0.05, 0) is 54.3 Å². The first-order chi connectivity index (χ1) is 15.9. The summed E-state index contributed by atoms with van der Waals surface area (Å²) in [6.07, 6.45) is 5.64. The van der Waals surface area contributed by atoms with Crippen LogP contribution in [0.3, 0.4) is 0 Å². The molecule has 0 radical (unpaired) electrons. The molecule has 1 saturated carbocycles. The quantitative estimate of drug-likeness (QED) is 0.536. The first kappa shape index (κ1) is 20.9. The van der Waals surface area contributed by atoms with Crippen molar-refractivity contribution in [1.82, 2.24) is 14.8 Å². The van der Waals surface area contributed by atoms with Gasteiger partial charge in [0.15, 0.2) is 5.85 Å². The van der Waals surface area contributed by atoms with Gasteiger partial charge in [-0.3, -0.25) is 15.4 Å². The number of benzene rings is 2. The van der Waals surface area contributed by atoms with E-state index in [0.717, 1.165) is 42.3 Å². The molecule has 1 spiro atoms. The van der Waals surface area contributed by atoms with Crippen molar-refractivity contribution in [3.05, 3.63) is 60.3 Å². The van der Waals surface area contributed by atoms with E-state index in [1.165, 1.54) is 5.39 Å². The second-order valence-corrected chi connectivity index (χ2v) is 9.79. The van der Waals surface area contributed by atoms with Crippen LogP contribution < -0.4 is 5.73 Å². The molecule has 3 heterocycles. The van der Waals surface area contributed by atoms with Gasteiger partial charge in [0.05, 0.1) is 12.1 Å². The van der Waals surface area contributed by atoms with Crippen LogP contribution in [0.4, 0.5) is 0 Å². The second kappa shape index (κ2) is 7.67. The predicted octanol–water partition coefficient (Wildman–Crippen LogP) is 2.75. The summed E-state index contributed by atoms with van der Waals surface area (Å²) in [7, 11) is 0. The van der Waals surface area contributed by atoms with Crippen molar-refractivity contribution in [2.75, 3.05) is 26.2 Å². The van der Waals surface area contributed by atoms with Crippen LogP contribution in [-0.4, -0.2) is 63.7 Å². The molecule has 4 N–H and O–H groups in total. The number of nitrogens with two attached hydrogens (primary N) is 1. The number of carbonyl (C=O) groups excluding carboxylic acids is 1. The normalized spacial score (nSPS) is 23.2. The fourth-order valence-electron chi connectivity index (χ4n) is 5.34. The van der Waals surface area contributed by atoms with Gasteiger partial charge >= 0.3 is 0 Å². The third-order valence-electron chi connectivity index (χ3n) is 7.62. The van der Waals surface area contributed by atoms with Gasteiger partial charge in [0.2, 0.25) is 5.91 Å². The number of aromatic nitrogens is 1. The van der Waals surface area contributed by atoms with Crippen LogP contribution in [-0.2, 0) is 15.4 Å². The van der Waals surface area contributed by atoms with Gasteiger partial charge in [0, 0.05) is 36.4 Å². The molecule has 3 aliphatic rings. The van der Waals surface area contributed by atoms with Crippen molar-refractivity contribution in [2.45, 2.75) is 43.2 Å². The highest BCUT2D eigenvalue weighted by Gasteiger charge is 2.48. The van der Waals surface area contributed by atoms with Crippen molar-refractivity contribution >= 4 is 16.8 Å².